The van der Waals surface area contributed by atoms with Gasteiger partial charge < -0.3 is 9.84 Å². The zero-order valence-electron chi connectivity index (χ0n) is 11.3. The molecule has 1 aromatic rings. The first-order valence-corrected chi connectivity index (χ1v) is 7.68. The topological polar surface area (TPSA) is 29.5 Å². The molecule has 1 aliphatic heterocycles. The third kappa shape index (κ3) is 2.83. The van der Waals surface area contributed by atoms with Crippen molar-refractivity contribution in [1.29, 1.82) is 0 Å². The third-order valence-corrected chi connectivity index (χ3v) is 4.86. The van der Waals surface area contributed by atoms with E-state index in [9.17, 15) is 5.11 Å². The van der Waals surface area contributed by atoms with Crippen LogP contribution in [0.2, 0.25) is 0 Å². The summed E-state index contributed by atoms with van der Waals surface area (Å²) >= 11 is 1.85. The Kier molecular flexibility index (Phi) is 4.23. The van der Waals surface area contributed by atoms with Crippen LogP contribution in [-0.2, 0) is 5.60 Å². The number of ether oxygens (including phenoxy) is 1. The molecule has 2 rings (SSSR count). The Labute approximate surface area is 114 Å². The van der Waals surface area contributed by atoms with E-state index in [0.717, 1.165) is 29.9 Å². The minimum atomic E-state index is -0.709. The SMILES string of the molecule is CC(C)Oc1cccc(C2(O)CCCSC2C)c1. The molecule has 0 aliphatic carbocycles. The molecule has 2 atom stereocenters. The van der Waals surface area contributed by atoms with Crippen LogP contribution < -0.4 is 4.74 Å². The monoisotopic (exact) mass is 266 g/mol. The van der Waals surface area contributed by atoms with E-state index in [-0.39, 0.29) is 11.4 Å². The van der Waals surface area contributed by atoms with Gasteiger partial charge in [0, 0.05) is 5.25 Å². The van der Waals surface area contributed by atoms with Crippen LogP contribution in [0.3, 0.4) is 0 Å². The van der Waals surface area contributed by atoms with Gasteiger partial charge >= 0.3 is 0 Å². The highest BCUT2D eigenvalue weighted by Gasteiger charge is 2.38. The van der Waals surface area contributed by atoms with E-state index in [4.69, 9.17) is 4.74 Å². The molecule has 1 aliphatic rings. The number of benzene rings is 1. The molecule has 1 aromatic carbocycles. The van der Waals surface area contributed by atoms with Gasteiger partial charge in [-0.3, -0.25) is 0 Å². The maximum Gasteiger partial charge on any atom is 0.120 e. The summed E-state index contributed by atoms with van der Waals surface area (Å²) in [6, 6.07) is 7.92. The van der Waals surface area contributed by atoms with Crippen molar-refractivity contribution in [1.82, 2.24) is 0 Å². The molecule has 0 saturated carbocycles. The molecule has 0 amide bonds. The second-order valence-electron chi connectivity index (χ2n) is 5.24. The third-order valence-electron chi connectivity index (χ3n) is 3.45. The van der Waals surface area contributed by atoms with E-state index in [0.29, 0.717) is 0 Å². The predicted octanol–water partition coefficient (Wildman–Crippen LogP) is 3.58. The summed E-state index contributed by atoms with van der Waals surface area (Å²) in [5, 5.41) is 11.1. The highest BCUT2D eigenvalue weighted by atomic mass is 32.2. The van der Waals surface area contributed by atoms with Crippen LogP contribution in [0.15, 0.2) is 24.3 Å². The van der Waals surface area contributed by atoms with Gasteiger partial charge in [0.05, 0.1) is 6.10 Å². The van der Waals surface area contributed by atoms with Crippen LogP contribution in [0.5, 0.6) is 5.75 Å². The van der Waals surface area contributed by atoms with Gasteiger partial charge in [-0.2, -0.15) is 11.8 Å². The summed E-state index contributed by atoms with van der Waals surface area (Å²) in [7, 11) is 0. The molecular formula is C15H22O2S. The number of hydrogen-bond donors (Lipinski definition) is 1. The fraction of sp³-hybridized carbons (Fsp3) is 0.600. The van der Waals surface area contributed by atoms with E-state index >= 15 is 0 Å². The summed E-state index contributed by atoms with van der Waals surface area (Å²) in [6.45, 7) is 6.14. The fourth-order valence-corrected chi connectivity index (χ4v) is 3.63. The Hall–Kier alpha value is -0.670. The predicted molar refractivity (Wildman–Crippen MR) is 77.3 cm³/mol. The Morgan fingerprint density at radius 1 is 1.44 bits per heavy atom. The van der Waals surface area contributed by atoms with Crippen molar-refractivity contribution in [3.8, 4) is 5.75 Å². The zero-order valence-corrected chi connectivity index (χ0v) is 12.2. The van der Waals surface area contributed by atoms with Gasteiger partial charge in [-0.25, -0.2) is 0 Å². The van der Waals surface area contributed by atoms with Crippen LogP contribution in [0, 0.1) is 0 Å². The van der Waals surface area contributed by atoms with Gasteiger partial charge in [0.25, 0.3) is 0 Å². The summed E-state index contributed by atoms with van der Waals surface area (Å²) < 4.78 is 5.71. The first kappa shape index (κ1) is 13.8. The van der Waals surface area contributed by atoms with Gasteiger partial charge in [0.15, 0.2) is 0 Å². The van der Waals surface area contributed by atoms with Gasteiger partial charge in [-0.05, 0) is 50.1 Å². The Bertz CT molecular complexity index is 405. The summed E-state index contributed by atoms with van der Waals surface area (Å²) in [4.78, 5) is 0. The van der Waals surface area contributed by atoms with Crippen LogP contribution in [-0.4, -0.2) is 22.2 Å². The highest BCUT2D eigenvalue weighted by molar-refractivity contribution is 8.00. The molecule has 0 radical (unpaired) electrons. The van der Waals surface area contributed by atoms with E-state index in [1.54, 1.807) is 0 Å². The minimum Gasteiger partial charge on any atom is -0.491 e. The average Bonchev–Trinajstić information content (AvgIpc) is 2.32. The molecule has 3 heteroatoms. The molecule has 0 bridgehead atoms. The van der Waals surface area contributed by atoms with Crippen LogP contribution in [0.4, 0.5) is 0 Å². The standard InChI is InChI=1S/C15H22O2S/c1-11(2)17-14-7-4-6-13(10-14)15(16)8-5-9-18-12(15)3/h4,6-7,10-12,16H,5,8-9H2,1-3H3. The molecule has 1 N–H and O–H groups in total. The molecule has 100 valence electrons. The average molecular weight is 266 g/mol. The highest BCUT2D eigenvalue weighted by Crippen LogP contribution is 2.42. The Morgan fingerprint density at radius 3 is 2.89 bits per heavy atom. The lowest BCUT2D eigenvalue weighted by molar-refractivity contribution is 0.0251. The number of aliphatic hydroxyl groups is 1. The largest absolute Gasteiger partial charge is 0.491 e. The quantitative estimate of drug-likeness (QED) is 0.907. The van der Waals surface area contributed by atoms with Crippen molar-refractivity contribution in [2.24, 2.45) is 0 Å². The molecule has 0 spiro atoms. The lowest BCUT2D eigenvalue weighted by Crippen LogP contribution is -2.38. The Balaban J connectivity index is 2.26. The molecule has 18 heavy (non-hydrogen) atoms. The van der Waals surface area contributed by atoms with Crippen LogP contribution >= 0.6 is 11.8 Å². The molecule has 1 fully saturated rings. The minimum absolute atomic E-state index is 0.160. The summed E-state index contributed by atoms with van der Waals surface area (Å²) in [6.07, 6.45) is 2.07. The second-order valence-corrected chi connectivity index (χ2v) is 6.68. The maximum atomic E-state index is 10.9. The lowest BCUT2D eigenvalue weighted by Gasteiger charge is -2.38. The van der Waals surface area contributed by atoms with Crippen LogP contribution in [0.1, 0.15) is 39.2 Å². The Morgan fingerprint density at radius 2 is 2.22 bits per heavy atom. The number of rotatable bonds is 3. The summed E-state index contributed by atoms with van der Waals surface area (Å²) in [5.74, 6) is 1.99. The van der Waals surface area contributed by atoms with Gasteiger partial charge in [-0.15, -0.1) is 0 Å². The summed E-state index contributed by atoms with van der Waals surface area (Å²) in [5.41, 5.74) is 0.277. The molecule has 1 heterocycles. The molecular weight excluding hydrogens is 244 g/mol. The van der Waals surface area contributed by atoms with Crippen molar-refractivity contribution >= 4 is 11.8 Å². The van der Waals surface area contributed by atoms with Crippen molar-refractivity contribution in [3.63, 3.8) is 0 Å². The molecule has 1 saturated heterocycles. The van der Waals surface area contributed by atoms with E-state index < -0.39 is 5.60 Å². The molecule has 2 nitrogen and oxygen atoms in total. The fourth-order valence-electron chi connectivity index (χ4n) is 2.43. The first-order chi connectivity index (χ1) is 8.52. The van der Waals surface area contributed by atoms with E-state index in [1.165, 1.54) is 0 Å². The van der Waals surface area contributed by atoms with Gasteiger partial charge in [0.2, 0.25) is 0 Å². The molecule has 2 unspecified atom stereocenters. The van der Waals surface area contributed by atoms with Gasteiger partial charge in [-0.1, -0.05) is 19.1 Å². The van der Waals surface area contributed by atoms with Crippen molar-refractivity contribution < 1.29 is 9.84 Å². The van der Waals surface area contributed by atoms with Gasteiger partial charge in [0.1, 0.15) is 11.4 Å². The number of hydrogen-bond acceptors (Lipinski definition) is 3. The zero-order chi connectivity index (χ0) is 13.2. The first-order valence-electron chi connectivity index (χ1n) is 6.63. The van der Waals surface area contributed by atoms with E-state index in [2.05, 4.69) is 6.92 Å². The second kappa shape index (κ2) is 5.54. The van der Waals surface area contributed by atoms with E-state index in [1.807, 2.05) is 49.9 Å². The van der Waals surface area contributed by atoms with Crippen molar-refractivity contribution in [2.75, 3.05) is 5.75 Å². The van der Waals surface area contributed by atoms with Crippen molar-refractivity contribution in [3.05, 3.63) is 29.8 Å². The maximum absolute atomic E-state index is 10.9. The number of thioether (sulfide) groups is 1. The smallest absolute Gasteiger partial charge is 0.120 e. The van der Waals surface area contributed by atoms with Crippen LogP contribution in [0.25, 0.3) is 0 Å². The normalized spacial score (nSPS) is 28.4. The van der Waals surface area contributed by atoms with Crippen molar-refractivity contribution in [2.45, 2.75) is 50.6 Å². The molecule has 0 aromatic heterocycles. The lowest BCUT2D eigenvalue weighted by atomic mass is 9.86.